The highest BCUT2D eigenvalue weighted by Crippen LogP contribution is 2.31. The van der Waals surface area contributed by atoms with E-state index in [0.717, 1.165) is 37.1 Å². The van der Waals surface area contributed by atoms with E-state index in [9.17, 15) is 4.79 Å². The third-order valence-electron chi connectivity index (χ3n) is 6.19. The van der Waals surface area contributed by atoms with Crippen molar-refractivity contribution >= 4 is 27.3 Å². The summed E-state index contributed by atoms with van der Waals surface area (Å²) < 4.78 is 1.17. The average Bonchev–Trinajstić information content (AvgIpc) is 3.25. The summed E-state index contributed by atoms with van der Waals surface area (Å²) in [5.74, 6) is 0.156. The second-order valence-corrected chi connectivity index (χ2v) is 9.11. The first-order valence-corrected chi connectivity index (χ1v) is 11.7. The highest BCUT2D eigenvalue weighted by Gasteiger charge is 2.29. The highest BCUT2D eigenvalue weighted by molar-refractivity contribution is 7.17. The van der Waals surface area contributed by atoms with Gasteiger partial charge in [-0.1, -0.05) is 78.4 Å². The molecule has 5 rings (SSSR count). The van der Waals surface area contributed by atoms with E-state index in [1.54, 1.807) is 11.3 Å². The van der Waals surface area contributed by atoms with Gasteiger partial charge in [0.2, 0.25) is 0 Å². The van der Waals surface area contributed by atoms with Gasteiger partial charge in [0.25, 0.3) is 5.91 Å². The van der Waals surface area contributed by atoms with Crippen LogP contribution in [0.3, 0.4) is 0 Å². The van der Waals surface area contributed by atoms with Gasteiger partial charge in [-0.2, -0.15) is 0 Å². The van der Waals surface area contributed by atoms with Crippen LogP contribution in [0.15, 0.2) is 84.2 Å². The topological polar surface area (TPSA) is 23.6 Å². The molecule has 0 radical (unpaired) electrons. The summed E-state index contributed by atoms with van der Waals surface area (Å²) in [6.45, 7) is 5.35. The molecule has 4 heteroatoms. The minimum absolute atomic E-state index is 0.156. The van der Waals surface area contributed by atoms with Gasteiger partial charge >= 0.3 is 0 Å². The van der Waals surface area contributed by atoms with Crippen molar-refractivity contribution in [3.63, 3.8) is 0 Å². The fraction of sp³-hybridized carbons (Fsp3) is 0.222. The number of thiophene rings is 1. The molecule has 156 valence electrons. The first-order valence-electron chi connectivity index (χ1n) is 10.8. The average molecular weight is 427 g/mol. The summed E-state index contributed by atoms with van der Waals surface area (Å²) >= 11 is 1.65. The molecule has 1 aliphatic heterocycles. The molecular weight excluding hydrogens is 400 g/mol. The van der Waals surface area contributed by atoms with Crippen LogP contribution < -0.4 is 0 Å². The van der Waals surface area contributed by atoms with Crippen molar-refractivity contribution in [3.05, 3.63) is 106 Å². The number of amides is 1. The van der Waals surface area contributed by atoms with E-state index in [0.29, 0.717) is 0 Å². The lowest BCUT2D eigenvalue weighted by atomic mass is 9.95. The van der Waals surface area contributed by atoms with Crippen molar-refractivity contribution in [2.45, 2.75) is 13.0 Å². The van der Waals surface area contributed by atoms with Crippen LogP contribution >= 0.6 is 11.3 Å². The molecule has 1 saturated heterocycles. The number of aryl methyl sites for hydroxylation is 1. The third kappa shape index (κ3) is 4.01. The number of carbonyl (C=O) groups is 1. The molecule has 1 atom stereocenters. The van der Waals surface area contributed by atoms with Gasteiger partial charge in [-0.25, -0.2) is 0 Å². The van der Waals surface area contributed by atoms with Crippen LogP contribution in [-0.2, 0) is 0 Å². The SMILES string of the molecule is Cc1ccc(C(c2ccccc2)N2CCN(C(=O)c3csc4ccccc34)CC2)cc1. The zero-order chi connectivity index (χ0) is 21.2. The molecule has 31 heavy (non-hydrogen) atoms. The first kappa shape index (κ1) is 20.0. The van der Waals surface area contributed by atoms with Gasteiger partial charge in [-0.05, 0) is 24.1 Å². The van der Waals surface area contributed by atoms with Crippen molar-refractivity contribution in [2.24, 2.45) is 0 Å². The molecule has 1 amide bonds. The number of nitrogens with zero attached hydrogens (tertiary/aromatic N) is 2. The van der Waals surface area contributed by atoms with Gasteiger partial charge in [0.1, 0.15) is 0 Å². The predicted octanol–water partition coefficient (Wildman–Crippen LogP) is 5.76. The Kier molecular flexibility index (Phi) is 5.58. The van der Waals surface area contributed by atoms with Crippen LogP contribution in [0, 0.1) is 6.92 Å². The van der Waals surface area contributed by atoms with Crippen LogP contribution in [0.4, 0.5) is 0 Å². The molecule has 3 nitrogen and oxygen atoms in total. The Morgan fingerprint density at radius 3 is 2.19 bits per heavy atom. The Bertz CT molecular complexity index is 1170. The quantitative estimate of drug-likeness (QED) is 0.414. The number of carbonyl (C=O) groups excluding carboxylic acids is 1. The molecule has 3 aromatic carbocycles. The summed E-state index contributed by atoms with van der Waals surface area (Å²) in [7, 11) is 0. The number of rotatable bonds is 4. The maximum atomic E-state index is 13.2. The first-order chi connectivity index (χ1) is 15.2. The maximum absolute atomic E-state index is 13.2. The number of benzene rings is 3. The van der Waals surface area contributed by atoms with E-state index in [1.165, 1.54) is 21.4 Å². The van der Waals surface area contributed by atoms with Crippen molar-refractivity contribution in [3.8, 4) is 0 Å². The van der Waals surface area contributed by atoms with Gasteiger partial charge in [0.15, 0.2) is 0 Å². The number of piperazine rings is 1. The standard InChI is InChI=1S/C27H26N2OS/c1-20-11-13-22(14-12-20)26(21-7-3-2-4-8-21)28-15-17-29(18-16-28)27(30)24-19-31-25-10-6-5-9-23(24)25/h2-14,19,26H,15-18H2,1H3. The Labute approximate surface area is 187 Å². The largest absolute Gasteiger partial charge is 0.336 e. The number of hydrogen-bond donors (Lipinski definition) is 0. The molecule has 1 aliphatic rings. The summed E-state index contributed by atoms with van der Waals surface area (Å²) in [6, 6.07) is 27.9. The van der Waals surface area contributed by atoms with E-state index in [2.05, 4.69) is 78.6 Å². The Morgan fingerprint density at radius 1 is 0.806 bits per heavy atom. The van der Waals surface area contributed by atoms with E-state index < -0.39 is 0 Å². The fourth-order valence-corrected chi connectivity index (χ4v) is 5.43. The second kappa shape index (κ2) is 8.66. The molecular formula is C27H26N2OS. The van der Waals surface area contributed by atoms with Crippen LogP contribution in [0.5, 0.6) is 0 Å². The highest BCUT2D eigenvalue weighted by atomic mass is 32.1. The third-order valence-corrected chi connectivity index (χ3v) is 7.15. The van der Waals surface area contributed by atoms with Gasteiger partial charge in [0.05, 0.1) is 11.6 Å². The maximum Gasteiger partial charge on any atom is 0.255 e. The smallest absolute Gasteiger partial charge is 0.255 e. The normalized spacial score (nSPS) is 15.8. The molecule has 0 aliphatic carbocycles. The van der Waals surface area contributed by atoms with Gasteiger partial charge in [0, 0.05) is 41.6 Å². The minimum Gasteiger partial charge on any atom is -0.336 e. The Balaban J connectivity index is 1.36. The van der Waals surface area contributed by atoms with Crippen molar-refractivity contribution in [1.29, 1.82) is 0 Å². The predicted molar refractivity (Wildman–Crippen MR) is 129 cm³/mol. The molecule has 0 bridgehead atoms. The molecule has 2 heterocycles. The Morgan fingerprint density at radius 2 is 1.45 bits per heavy atom. The minimum atomic E-state index is 0.156. The van der Waals surface area contributed by atoms with E-state index >= 15 is 0 Å². The fourth-order valence-electron chi connectivity index (χ4n) is 4.50. The zero-order valence-electron chi connectivity index (χ0n) is 17.7. The lowest BCUT2D eigenvalue weighted by Crippen LogP contribution is -2.49. The summed E-state index contributed by atoms with van der Waals surface area (Å²) in [5, 5.41) is 3.08. The monoisotopic (exact) mass is 426 g/mol. The summed E-state index contributed by atoms with van der Waals surface area (Å²) in [5.41, 5.74) is 4.72. The lowest BCUT2D eigenvalue weighted by Gasteiger charge is -2.39. The Hall–Kier alpha value is -2.95. The zero-order valence-corrected chi connectivity index (χ0v) is 18.5. The molecule has 1 fully saturated rings. The van der Waals surface area contributed by atoms with Crippen molar-refractivity contribution < 1.29 is 4.79 Å². The second-order valence-electron chi connectivity index (χ2n) is 8.20. The summed E-state index contributed by atoms with van der Waals surface area (Å²) in [6.07, 6.45) is 0. The van der Waals surface area contributed by atoms with Crippen LogP contribution in [0.2, 0.25) is 0 Å². The van der Waals surface area contributed by atoms with Gasteiger partial charge in [-0.15, -0.1) is 11.3 Å². The van der Waals surface area contributed by atoms with Gasteiger partial charge < -0.3 is 4.90 Å². The van der Waals surface area contributed by atoms with Crippen molar-refractivity contribution in [2.75, 3.05) is 26.2 Å². The number of fused-ring (bicyclic) bond motifs is 1. The lowest BCUT2D eigenvalue weighted by molar-refractivity contribution is 0.0599. The molecule has 0 spiro atoms. The van der Waals surface area contributed by atoms with Crippen LogP contribution in [0.25, 0.3) is 10.1 Å². The molecule has 1 aromatic heterocycles. The van der Waals surface area contributed by atoms with E-state index in [-0.39, 0.29) is 11.9 Å². The van der Waals surface area contributed by atoms with E-state index in [1.807, 2.05) is 22.4 Å². The van der Waals surface area contributed by atoms with E-state index in [4.69, 9.17) is 0 Å². The molecule has 4 aromatic rings. The molecule has 1 unspecified atom stereocenters. The number of hydrogen-bond acceptors (Lipinski definition) is 3. The van der Waals surface area contributed by atoms with Crippen LogP contribution in [-0.4, -0.2) is 41.9 Å². The van der Waals surface area contributed by atoms with Gasteiger partial charge in [-0.3, -0.25) is 9.69 Å². The summed E-state index contributed by atoms with van der Waals surface area (Å²) in [4.78, 5) is 17.8. The molecule has 0 saturated carbocycles. The van der Waals surface area contributed by atoms with Crippen molar-refractivity contribution in [1.82, 2.24) is 9.80 Å². The van der Waals surface area contributed by atoms with Crippen LogP contribution in [0.1, 0.15) is 33.1 Å². The molecule has 0 N–H and O–H groups in total.